The third kappa shape index (κ3) is 4.22. The van der Waals surface area contributed by atoms with E-state index in [0.29, 0.717) is 59.0 Å². The molecule has 0 spiro atoms. The summed E-state index contributed by atoms with van der Waals surface area (Å²) in [6.45, 7) is 5.57. The van der Waals surface area contributed by atoms with Crippen LogP contribution in [-0.2, 0) is 11.3 Å². The third-order valence-corrected chi connectivity index (χ3v) is 6.63. The molecule has 0 aliphatic carbocycles. The van der Waals surface area contributed by atoms with Gasteiger partial charge >= 0.3 is 6.09 Å². The lowest BCUT2D eigenvalue weighted by Crippen LogP contribution is -2.50. The SMILES string of the molecule is CCOC(=O)N1CCN(C(=O)c2sc3ncn(Cc4cccc(F)c4)c(=O)c3c2C)CC1. The van der Waals surface area contributed by atoms with Crippen LogP contribution in [0.4, 0.5) is 9.18 Å². The number of carbonyl (C=O) groups is 2. The molecule has 2 aromatic heterocycles. The van der Waals surface area contributed by atoms with Gasteiger partial charge in [-0.2, -0.15) is 0 Å². The van der Waals surface area contributed by atoms with E-state index in [-0.39, 0.29) is 29.9 Å². The normalized spacial score (nSPS) is 14.1. The molecule has 3 aromatic rings. The second-order valence-electron chi connectivity index (χ2n) is 7.52. The molecule has 0 saturated carbocycles. The van der Waals surface area contributed by atoms with Crippen molar-refractivity contribution in [2.75, 3.05) is 32.8 Å². The molecule has 0 bridgehead atoms. The van der Waals surface area contributed by atoms with E-state index >= 15 is 0 Å². The Hall–Kier alpha value is -3.27. The minimum absolute atomic E-state index is 0.176. The smallest absolute Gasteiger partial charge is 0.409 e. The molecule has 0 unspecified atom stereocenters. The summed E-state index contributed by atoms with van der Waals surface area (Å²) in [4.78, 5) is 46.7. The van der Waals surface area contributed by atoms with Gasteiger partial charge in [0, 0.05) is 26.2 Å². The van der Waals surface area contributed by atoms with E-state index in [0.717, 1.165) is 0 Å². The van der Waals surface area contributed by atoms with Crippen LogP contribution in [0.5, 0.6) is 0 Å². The molecule has 1 fully saturated rings. The zero-order chi connectivity index (χ0) is 22.8. The number of carbonyl (C=O) groups excluding carboxylic acids is 2. The minimum Gasteiger partial charge on any atom is -0.450 e. The molecule has 1 aromatic carbocycles. The summed E-state index contributed by atoms with van der Waals surface area (Å²) in [7, 11) is 0. The van der Waals surface area contributed by atoms with Gasteiger partial charge in [0.1, 0.15) is 10.6 Å². The van der Waals surface area contributed by atoms with E-state index in [1.807, 2.05) is 0 Å². The lowest BCUT2D eigenvalue weighted by molar-refractivity contribution is 0.0574. The Kier molecular flexibility index (Phi) is 6.22. The number of nitrogens with zero attached hydrogens (tertiary/aromatic N) is 4. The molecule has 8 nitrogen and oxygen atoms in total. The van der Waals surface area contributed by atoms with Gasteiger partial charge in [0.15, 0.2) is 0 Å². The number of piperazine rings is 1. The van der Waals surface area contributed by atoms with Crippen LogP contribution in [0.25, 0.3) is 10.2 Å². The number of amides is 2. The van der Waals surface area contributed by atoms with Crippen molar-refractivity contribution in [2.45, 2.75) is 20.4 Å². The lowest BCUT2D eigenvalue weighted by Gasteiger charge is -2.33. The second-order valence-corrected chi connectivity index (χ2v) is 8.52. The molecule has 0 atom stereocenters. The maximum atomic E-state index is 13.5. The van der Waals surface area contributed by atoms with Crippen LogP contribution in [0.1, 0.15) is 27.7 Å². The zero-order valence-corrected chi connectivity index (χ0v) is 18.7. The number of hydrogen-bond donors (Lipinski definition) is 0. The van der Waals surface area contributed by atoms with E-state index in [1.165, 1.54) is 34.4 Å². The Bertz CT molecular complexity index is 1230. The topological polar surface area (TPSA) is 84.7 Å². The Balaban J connectivity index is 1.56. The first-order valence-electron chi connectivity index (χ1n) is 10.3. The summed E-state index contributed by atoms with van der Waals surface area (Å²) in [5, 5.41) is 0.405. The monoisotopic (exact) mass is 458 g/mol. The van der Waals surface area contributed by atoms with E-state index in [2.05, 4.69) is 4.98 Å². The Morgan fingerprint density at radius 1 is 1.19 bits per heavy atom. The number of aryl methyl sites for hydroxylation is 1. The van der Waals surface area contributed by atoms with Crippen molar-refractivity contribution in [1.29, 1.82) is 0 Å². The number of hydrogen-bond acceptors (Lipinski definition) is 6. The van der Waals surface area contributed by atoms with Gasteiger partial charge in [-0.3, -0.25) is 14.2 Å². The number of aromatic nitrogens is 2. The number of rotatable bonds is 4. The summed E-state index contributed by atoms with van der Waals surface area (Å²) >= 11 is 1.19. The van der Waals surface area contributed by atoms with Crippen LogP contribution in [0.2, 0.25) is 0 Å². The largest absolute Gasteiger partial charge is 0.450 e. The maximum absolute atomic E-state index is 13.5. The second kappa shape index (κ2) is 9.07. The van der Waals surface area contributed by atoms with Crippen molar-refractivity contribution in [3.8, 4) is 0 Å². The average molecular weight is 459 g/mol. The molecule has 32 heavy (non-hydrogen) atoms. The predicted octanol–water partition coefficient (Wildman–Crippen LogP) is 2.87. The molecule has 2 amide bonds. The van der Waals surface area contributed by atoms with Crippen molar-refractivity contribution in [3.05, 3.63) is 62.8 Å². The van der Waals surface area contributed by atoms with E-state index < -0.39 is 0 Å². The predicted molar refractivity (Wildman–Crippen MR) is 119 cm³/mol. The standard InChI is InChI=1S/C22H23FN4O4S/c1-3-31-22(30)26-9-7-25(8-10-26)21(29)18-14(2)17-19(32-18)24-13-27(20(17)28)12-15-5-4-6-16(23)11-15/h4-6,11,13H,3,7-10,12H2,1-2H3. The van der Waals surface area contributed by atoms with Gasteiger partial charge in [-0.1, -0.05) is 12.1 Å². The molecule has 1 aliphatic heterocycles. The van der Waals surface area contributed by atoms with Gasteiger partial charge in [-0.05, 0) is 37.1 Å². The van der Waals surface area contributed by atoms with Gasteiger partial charge in [0.25, 0.3) is 11.5 Å². The van der Waals surface area contributed by atoms with E-state index in [9.17, 15) is 18.8 Å². The zero-order valence-electron chi connectivity index (χ0n) is 17.8. The molecule has 0 radical (unpaired) electrons. The summed E-state index contributed by atoms with van der Waals surface area (Å²) in [6, 6.07) is 6.06. The van der Waals surface area contributed by atoms with Gasteiger partial charge < -0.3 is 14.5 Å². The van der Waals surface area contributed by atoms with Gasteiger partial charge in [-0.15, -0.1) is 11.3 Å². The van der Waals surface area contributed by atoms with Crippen LogP contribution >= 0.6 is 11.3 Å². The van der Waals surface area contributed by atoms with Crippen molar-refractivity contribution in [3.63, 3.8) is 0 Å². The van der Waals surface area contributed by atoms with Crippen LogP contribution in [0.3, 0.4) is 0 Å². The quantitative estimate of drug-likeness (QED) is 0.600. The fraction of sp³-hybridized carbons (Fsp3) is 0.364. The molecule has 0 N–H and O–H groups in total. The maximum Gasteiger partial charge on any atom is 0.409 e. The minimum atomic E-state index is -0.374. The summed E-state index contributed by atoms with van der Waals surface area (Å²) in [6.07, 6.45) is 1.05. The molecule has 10 heteroatoms. The first kappa shape index (κ1) is 21.9. The van der Waals surface area contributed by atoms with Crippen LogP contribution < -0.4 is 5.56 Å². The Morgan fingerprint density at radius 3 is 2.59 bits per heavy atom. The van der Waals surface area contributed by atoms with Crippen molar-refractivity contribution in [1.82, 2.24) is 19.4 Å². The number of benzene rings is 1. The summed E-state index contributed by atoms with van der Waals surface area (Å²) < 4.78 is 19.9. The highest BCUT2D eigenvalue weighted by Crippen LogP contribution is 2.28. The molecule has 3 heterocycles. The van der Waals surface area contributed by atoms with E-state index in [1.54, 1.807) is 35.8 Å². The highest BCUT2D eigenvalue weighted by Gasteiger charge is 2.28. The van der Waals surface area contributed by atoms with E-state index in [4.69, 9.17) is 4.74 Å². The lowest BCUT2D eigenvalue weighted by atomic mass is 10.2. The molecule has 168 valence electrons. The molecule has 4 rings (SSSR count). The molecule has 1 saturated heterocycles. The summed E-state index contributed by atoms with van der Waals surface area (Å²) in [5.74, 6) is -0.544. The van der Waals surface area contributed by atoms with Crippen LogP contribution in [0.15, 0.2) is 35.4 Å². The number of fused-ring (bicyclic) bond motifs is 1. The third-order valence-electron chi connectivity index (χ3n) is 5.45. The van der Waals surface area contributed by atoms with Gasteiger partial charge in [0.05, 0.1) is 29.7 Å². The molecular formula is C22H23FN4O4S. The highest BCUT2D eigenvalue weighted by molar-refractivity contribution is 7.20. The van der Waals surface area contributed by atoms with Crippen LogP contribution in [0, 0.1) is 12.7 Å². The van der Waals surface area contributed by atoms with Crippen molar-refractivity contribution in [2.24, 2.45) is 0 Å². The fourth-order valence-corrected chi connectivity index (χ4v) is 4.87. The van der Waals surface area contributed by atoms with Gasteiger partial charge in [0.2, 0.25) is 0 Å². The Morgan fingerprint density at radius 2 is 1.91 bits per heavy atom. The number of halogens is 1. The van der Waals surface area contributed by atoms with Crippen molar-refractivity contribution >= 4 is 33.6 Å². The number of ether oxygens (including phenoxy) is 1. The number of thiophene rings is 1. The van der Waals surface area contributed by atoms with Gasteiger partial charge in [-0.25, -0.2) is 14.2 Å². The van der Waals surface area contributed by atoms with Crippen LogP contribution in [-0.4, -0.2) is 64.1 Å². The summed E-state index contributed by atoms with van der Waals surface area (Å²) in [5.41, 5.74) is 0.977. The first-order chi connectivity index (χ1) is 15.4. The highest BCUT2D eigenvalue weighted by atomic mass is 32.1. The first-order valence-corrected chi connectivity index (χ1v) is 11.1. The fourth-order valence-electron chi connectivity index (χ4n) is 3.76. The molecular weight excluding hydrogens is 435 g/mol. The molecule has 1 aliphatic rings. The van der Waals surface area contributed by atoms with Crippen molar-refractivity contribution < 1.29 is 18.7 Å². The average Bonchev–Trinajstić information content (AvgIpc) is 3.12. The Labute approximate surface area is 187 Å².